The average Bonchev–Trinajstić information content (AvgIpc) is 3.09. The number of hydrogen-bond donors (Lipinski definition) is 2. The summed E-state index contributed by atoms with van der Waals surface area (Å²) >= 11 is 0. The zero-order chi connectivity index (χ0) is 26.0. The first-order valence-corrected chi connectivity index (χ1v) is 15.9. The molecule has 0 amide bonds. The maximum atomic E-state index is 11.1. The number of rotatable bonds is 16. The molecule has 1 fully saturated rings. The summed E-state index contributed by atoms with van der Waals surface area (Å²) < 4.78 is 13.4. The van der Waals surface area contributed by atoms with Crippen molar-refractivity contribution in [1.82, 2.24) is 0 Å². The average molecular weight is 507 g/mol. The molecule has 0 bridgehead atoms. The molecule has 1 aliphatic rings. The van der Waals surface area contributed by atoms with Gasteiger partial charge < -0.3 is 19.4 Å². The molecule has 2 rings (SSSR count). The van der Waals surface area contributed by atoms with Gasteiger partial charge in [0.2, 0.25) is 0 Å². The van der Waals surface area contributed by atoms with Gasteiger partial charge in [-0.15, -0.1) is 0 Å². The number of carboxylic acids is 1. The fourth-order valence-corrected chi connectivity index (χ4v) is 12.0. The minimum absolute atomic E-state index is 0.0135. The Balaban J connectivity index is 2.10. The Morgan fingerprint density at radius 1 is 0.943 bits per heavy atom. The number of aliphatic hydroxyl groups is 1. The molecular formula is C29H50O5Si. The van der Waals surface area contributed by atoms with Crippen LogP contribution >= 0.6 is 0 Å². The molecule has 1 saturated carbocycles. The highest BCUT2D eigenvalue weighted by atomic mass is 28.4. The maximum Gasteiger partial charge on any atom is 0.303 e. The summed E-state index contributed by atoms with van der Waals surface area (Å²) in [5, 5.41) is 19.9. The van der Waals surface area contributed by atoms with E-state index in [0.717, 1.165) is 37.7 Å². The highest BCUT2D eigenvalue weighted by Gasteiger charge is 2.48. The lowest BCUT2D eigenvalue weighted by molar-refractivity contribution is -0.137. The Bertz CT molecular complexity index is 714. The highest BCUT2D eigenvalue weighted by Crippen LogP contribution is 2.45. The lowest BCUT2D eigenvalue weighted by Crippen LogP contribution is -2.49. The van der Waals surface area contributed by atoms with Crippen LogP contribution < -0.4 is 0 Å². The smallest absolute Gasteiger partial charge is 0.303 e. The Morgan fingerprint density at radius 2 is 1.54 bits per heavy atom. The van der Waals surface area contributed by atoms with E-state index in [4.69, 9.17) is 14.3 Å². The molecule has 1 aliphatic carbocycles. The summed E-state index contributed by atoms with van der Waals surface area (Å²) in [6, 6.07) is 10.2. The molecule has 0 heterocycles. The summed E-state index contributed by atoms with van der Waals surface area (Å²) in [6.45, 7) is 15.1. The molecule has 1 aromatic carbocycles. The first kappa shape index (κ1) is 30.0. The van der Waals surface area contributed by atoms with E-state index in [1.54, 1.807) is 0 Å². The fourth-order valence-electron chi connectivity index (χ4n) is 6.51. The lowest BCUT2D eigenvalue weighted by atomic mass is 9.89. The van der Waals surface area contributed by atoms with Crippen LogP contribution in [-0.4, -0.2) is 43.3 Å². The third-order valence-corrected chi connectivity index (χ3v) is 14.3. The van der Waals surface area contributed by atoms with Crippen LogP contribution in [0.1, 0.15) is 92.1 Å². The van der Waals surface area contributed by atoms with Gasteiger partial charge in [-0.25, -0.2) is 0 Å². The normalized spacial score (nSPS) is 23.0. The zero-order valence-corrected chi connectivity index (χ0v) is 23.9. The van der Waals surface area contributed by atoms with Gasteiger partial charge in [0.1, 0.15) is 0 Å². The molecule has 0 unspecified atom stereocenters. The number of ether oxygens (including phenoxy) is 1. The van der Waals surface area contributed by atoms with Crippen LogP contribution in [-0.2, 0) is 20.6 Å². The summed E-state index contributed by atoms with van der Waals surface area (Å²) in [6.07, 6.45) is 5.10. The van der Waals surface area contributed by atoms with Crippen molar-refractivity contribution in [1.29, 1.82) is 0 Å². The lowest BCUT2D eigenvalue weighted by Gasteiger charge is -2.43. The second-order valence-electron chi connectivity index (χ2n) is 11.4. The van der Waals surface area contributed by atoms with Crippen LogP contribution in [0.4, 0.5) is 0 Å². The van der Waals surface area contributed by atoms with Crippen molar-refractivity contribution in [3.63, 3.8) is 0 Å². The van der Waals surface area contributed by atoms with Gasteiger partial charge in [-0.1, -0.05) is 91.1 Å². The molecule has 35 heavy (non-hydrogen) atoms. The number of hydrogen-bond acceptors (Lipinski definition) is 4. The summed E-state index contributed by atoms with van der Waals surface area (Å²) in [5.41, 5.74) is 2.71. The van der Waals surface area contributed by atoms with Gasteiger partial charge >= 0.3 is 5.97 Å². The van der Waals surface area contributed by atoms with Crippen LogP contribution in [0.2, 0.25) is 16.6 Å². The Labute approximate surface area is 214 Å². The first-order valence-electron chi connectivity index (χ1n) is 13.8. The number of benzene rings is 1. The van der Waals surface area contributed by atoms with E-state index < -0.39 is 14.3 Å². The van der Waals surface area contributed by atoms with Crippen LogP contribution in [0.25, 0.3) is 0 Å². The topological polar surface area (TPSA) is 76.0 Å². The van der Waals surface area contributed by atoms with Crippen molar-refractivity contribution in [2.45, 2.75) is 122 Å². The van der Waals surface area contributed by atoms with Crippen LogP contribution in [0, 0.1) is 11.8 Å². The van der Waals surface area contributed by atoms with Gasteiger partial charge in [-0.3, -0.25) is 4.79 Å². The maximum absolute atomic E-state index is 11.1. The molecule has 0 aliphatic heterocycles. The summed E-state index contributed by atoms with van der Waals surface area (Å²) in [4.78, 5) is 10.8. The number of carboxylic acid groups (broad SMARTS) is 1. The van der Waals surface area contributed by atoms with Crippen molar-refractivity contribution >= 4 is 14.3 Å². The molecule has 200 valence electrons. The molecular weight excluding hydrogens is 456 g/mol. The van der Waals surface area contributed by atoms with Crippen LogP contribution in [0.15, 0.2) is 30.3 Å². The molecule has 6 heteroatoms. The standard InChI is InChI=1S/C29H50O5Si/c1-21(2)35(22(3)4,23(5)6)34-20-26-25(16-12-7-8-13-17-29(31)32)27(30)18-28(26)33-19-24-14-10-9-11-15-24/h9-11,14-15,21-23,25-28,30H,7-8,12-13,16-20H2,1-6H3,(H,31,32)/t25-,26-,27+,28-/m1/s1. The van der Waals surface area contributed by atoms with E-state index in [9.17, 15) is 9.90 Å². The van der Waals surface area contributed by atoms with E-state index >= 15 is 0 Å². The second-order valence-corrected chi connectivity index (χ2v) is 16.9. The minimum Gasteiger partial charge on any atom is -0.481 e. The highest BCUT2D eigenvalue weighted by molar-refractivity contribution is 6.77. The summed E-state index contributed by atoms with van der Waals surface area (Å²) in [7, 11) is -2.02. The molecule has 0 radical (unpaired) electrons. The Morgan fingerprint density at radius 3 is 2.11 bits per heavy atom. The summed E-state index contributed by atoms with van der Waals surface area (Å²) in [5.74, 6) is -0.385. The SMILES string of the molecule is CC(C)[Si](OC[C@@H]1[C@@H](CCCCCCC(=O)O)[C@@H](O)C[C@H]1OCc1ccccc1)(C(C)C)C(C)C. The monoisotopic (exact) mass is 506 g/mol. The third-order valence-electron chi connectivity index (χ3n) is 8.21. The molecule has 5 nitrogen and oxygen atoms in total. The van der Waals surface area contributed by atoms with E-state index in [2.05, 4.69) is 53.7 Å². The molecule has 0 aromatic heterocycles. The van der Waals surface area contributed by atoms with Gasteiger partial charge in [0.25, 0.3) is 0 Å². The quantitative estimate of drug-likeness (QED) is 0.183. The van der Waals surface area contributed by atoms with Gasteiger partial charge in [-0.05, 0) is 40.9 Å². The molecule has 0 spiro atoms. The van der Waals surface area contributed by atoms with Crippen molar-refractivity contribution in [3.8, 4) is 0 Å². The minimum atomic E-state index is -2.02. The zero-order valence-electron chi connectivity index (χ0n) is 22.9. The van der Waals surface area contributed by atoms with Crippen molar-refractivity contribution in [2.24, 2.45) is 11.8 Å². The van der Waals surface area contributed by atoms with Crippen molar-refractivity contribution in [3.05, 3.63) is 35.9 Å². The second kappa shape index (κ2) is 14.5. The predicted octanol–water partition coefficient (Wildman–Crippen LogP) is 7.19. The van der Waals surface area contributed by atoms with E-state index in [0.29, 0.717) is 36.3 Å². The molecule has 2 N–H and O–H groups in total. The first-order chi connectivity index (χ1) is 16.6. The number of unbranched alkanes of at least 4 members (excludes halogenated alkanes) is 3. The van der Waals surface area contributed by atoms with Gasteiger partial charge in [0, 0.05) is 25.4 Å². The predicted molar refractivity (Wildman–Crippen MR) is 145 cm³/mol. The molecule has 4 atom stereocenters. The molecule has 1 aromatic rings. The van der Waals surface area contributed by atoms with E-state index in [-0.39, 0.29) is 30.5 Å². The van der Waals surface area contributed by atoms with Crippen molar-refractivity contribution in [2.75, 3.05) is 6.61 Å². The largest absolute Gasteiger partial charge is 0.481 e. The molecule has 0 saturated heterocycles. The Hall–Kier alpha value is -1.21. The number of carbonyl (C=O) groups is 1. The van der Waals surface area contributed by atoms with E-state index in [1.165, 1.54) is 0 Å². The van der Waals surface area contributed by atoms with Crippen LogP contribution in [0.5, 0.6) is 0 Å². The van der Waals surface area contributed by atoms with Gasteiger partial charge in [0.05, 0.1) is 18.8 Å². The van der Waals surface area contributed by atoms with Gasteiger partial charge in [-0.2, -0.15) is 0 Å². The third kappa shape index (κ3) is 8.41. The van der Waals surface area contributed by atoms with Gasteiger partial charge in [0.15, 0.2) is 8.32 Å². The van der Waals surface area contributed by atoms with Crippen LogP contribution in [0.3, 0.4) is 0 Å². The number of aliphatic hydroxyl groups excluding tert-OH is 1. The Kier molecular flexibility index (Phi) is 12.4. The van der Waals surface area contributed by atoms with E-state index in [1.807, 2.05) is 18.2 Å². The van der Waals surface area contributed by atoms with Crippen molar-refractivity contribution < 1.29 is 24.2 Å². The fraction of sp³-hybridized carbons (Fsp3) is 0.759. The number of aliphatic carboxylic acids is 1.